The Morgan fingerprint density at radius 2 is 1.58 bits per heavy atom. The zero-order valence-electron chi connectivity index (χ0n) is 14.0. The Morgan fingerprint density at radius 1 is 1.00 bits per heavy atom. The summed E-state index contributed by atoms with van der Waals surface area (Å²) in [5.41, 5.74) is 2.02. The molecule has 0 saturated heterocycles. The number of benzene rings is 2. The SMILES string of the molecule is CNC(=S)N(Cc1ccc(F)cc1)Cc1ccc(OC)c(OC)c1. The lowest BCUT2D eigenvalue weighted by Crippen LogP contribution is -2.36. The van der Waals surface area contributed by atoms with Gasteiger partial charge in [-0.15, -0.1) is 0 Å². The van der Waals surface area contributed by atoms with Crippen LogP contribution in [0.25, 0.3) is 0 Å². The summed E-state index contributed by atoms with van der Waals surface area (Å²) in [7, 11) is 5.00. The fourth-order valence-electron chi connectivity index (χ4n) is 2.37. The zero-order chi connectivity index (χ0) is 17.5. The van der Waals surface area contributed by atoms with Gasteiger partial charge in [0.05, 0.1) is 14.2 Å². The van der Waals surface area contributed by atoms with E-state index in [9.17, 15) is 4.39 Å². The summed E-state index contributed by atoms with van der Waals surface area (Å²) in [4.78, 5) is 2.00. The lowest BCUT2D eigenvalue weighted by atomic mass is 10.1. The summed E-state index contributed by atoms with van der Waals surface area (Å²) in [6.45, 7) is 1.17. The summed E-state index contributed by atoms with van der Waals surface area (Å²) in [6.07, 6.45) is 0. The van der Waals surface area contributed by atoms with Gasteiger partial charge in [-0.05, 0) is 47.6 Å². The minimum Gasteiger partial charge on any atom is -0.493 e. The van der Waals surface area contributed by atoms with Crippen LogP contribution >= 0.6 is 12.2 Å². The zero-order valence-corrected chi connectivity index (χ0v) is 14.8. The smallest absolute Gasteiger partial charge is 0.169 e. The molecule has 24 heavy (non-hydrogen) atoms. The Bertz CT molecular complexity index is 692. The highest BCUT2D eigenvalue weighted by Crippen LogP contribution is 2.28. The molecule has 0 bridgehead atoms. The third-order valence-electron chi connectivity index (χ3n) is 3.61. The van der Waals surface area contributed by atoms with Crippen molar-refractivity contribution in [1.29, 1.82) is 0 Å². The predicted molar refractivity (Wildman–Crippen MR) is 96.9 cm³/mol. The maximum Gasteiger partial charge on any atom is 0.169 e. The quantitative estimate of drug-likeness (QED) is 0.810. The first-order valence-corrected chi connectivity index (χ1v) is 7.90. The van der Waals surface area contributed by atoms with E-state index in [1.54, 1.807) is 33.4 Å². The van der Waals surface area contributed by atoms with Gasteiger partial charge in [-0.2, -0.15) is 0 Å². The average molecular weight is 348 g/mol. The van der Waals surface area contributed by atoms with E-state index >= 15 is 0 Å². The van der Waals surface area contributed by atoms with E-state index in [1.165, 1.54) is 12.1 Å². The van der Waals surface area contributed by atoms with E-state index in [-0.39, 0.29) is 5.82 Å². The Balaban J connectivity index is 2.19. The van der Waals surface area contributed by atoms with Crippen molar-refractivity contribution in [3.63, 3.8) is 0 Å². The van der Waals surface area contributed by atoms with Crippen molar-refractivity contribution in [3.05, 3.63) is 59.4 Å². The Morgan fingerprint density at radius 3 is 2.17 bits per heavy atom. The van der Waals surface area contributed by atoms with Gasteiger partial charge in [0.15, 0.2) is 16.6 Å². The van der Waals surface area contributed by atoms with Crippen LogP contribution in [0.3, 0.4) is 0 Å². The van der Waals surface area contributed by atoms with E-state index in [0.29, 0.717) is 29.7 Å². The molecule has 0 saturated carbocycles. The predicted octanol–water partition coefficient (Wildman–Crippen LogP) is 3.35. The molecule has 0 aliphatic rings. The fourth-order valence-corrected chi connectivity index (χ4v) is 2.50. The summed E-state index contributed by atoms with van der Waals surface area (Å²) in [5.74, 6) is 1.11. The van der Waals surface area contributed by atoms with E-state index < -0.39 is 0 Å². The molecule has 128 valence electrons. The number of hydrogen-bond acceptors (Lipinski definition) is 3. The average Bonchev–Trinajstić information content (AvgIpc) is 2.62. The van der Waals surface area contributed by atoms with Gasteiger partial charge in [-0.3, -0.25) is 0 Å². The highest BCUT2D eigenvalue weighted by atomic mass is 32.1. The molecule has 0 aliphatic heterocycles. The number of rotatable bonds is 6. The first kappa shape index (κ1) is 18.0. The molecule has 0 amide bonds. The summed E-state index contributed by atoms with van der Waals surface area (Å²) >= 11 is 5.40. The number of methoxy groups -OCH3 is 2. The largest absolute Gasteiger partial charge is 0.493 e. The van der Waals surface area contributed by atoms with E-state index in [2.05, 4.69) is 5.32 Å². The maximum absolute atomic E-state index is 13.1. The number of thiocarbonyl (C=S) groups is 1. The summed E-state index contributed by atoms with van der Waals surface area (Å²) in [5, 5.41) is 3.61. The van der Waals surface area contributed by atoms with Crippen LogP contribution in [0, 0.1) is 5.82 Å². The lowest BCUT2D eigenvalue weighted by Gasteiger charge is -2.25. The van der Waals surface area contributed by atoms with Crippen molar-refractivity contribution in [2.24, 2.45) is 0 Å². The molecule has 0 spiro atoms. The molecule has 1 N–H and O–H groups in total. The molecular formula is C18H21FN2O2S. The second-order valence-corrected chi connectivity index (χ2v) is 5.61. The topological polar surface area (TPSA) is 33.7 Å². The molecule has 0 aromatic heterocycles. The third kappa shape index (κ3) is 4.58. The molecule has 0 aliphatic carbocycles. The van der Waals surface area contributed by atoms with Gasteiger partial charge in [-0.1, -0.05) is 18.2 Å². The van der Waals surface area contributed by atoms with Gasteiger partial charge in [0.1, 0.15) is 5.82 Å². The van der Waals surface area contributed by atoms with Gasteiger partial charge < -0.3 is 19.7 Å². The van der Waals surface area contributed by atoms with Gasteiger partial charge in [0, 0.05) is 20.1 Å². The molecule has 0 unspecified atom stereocenters. The maximum atomic E-state index is 13.1. The number of nitrogens with zero attached hydrogens (tertiary/aromatic N) is 1. The molecule has 0 fully saturated rings. The van der Waals surface area contributed by atoms with Gasteiger partial charge in [0.25, 0.3) is 0 Å². The first-order chi connectivity index (χ1) is 11.6. The fraction of sp³-hybridized carbons (Fsp3) is 0.278. The van der Waals surface area contributed by atoms with Crippen LogP contribution in [0.5, 0.6) is 11.5 Å². The molecule has 2 aromatic rings. The standard InChI is InChI=1S/C18H21FN2O2S/c1-20-18(24)21(11-13-4-7-15(19)8-5-13)12-14-6-9-16(22-2)17(10-14)23-3/h4-10H,11-12H2,1-3H3,(H,20,24). The molecule has 4 nitrogen and oxygen atoms in total. The molecule has 2 aromatic carbocycles. The molecule has 2 rings (SSSR count). The van der Waals surface area contributed by atoms with E-state index in [1.807, 2.05) is 23.1 Å². The summed E-state index contributed by atoms with van der Waals surface area (Å²) < 4.78 is 23.7. The molecule has 0 heterocycles. The van der Waals surface area contributed by atoms with Crippen molar-refractivity contribution in [2.75, 3.05) is 21.3 Å². The van der Waals surface area contributed by atoms with Crippen LogP contribution in [-0.4, -0.2) is 31.3 Å². The molecule has 6 heteroatoms. The monoisotopic (exact) mass is 348 g/mol. The van der Waals surface area contributed by atoms with Gasteiger partial charge in [-0.25, -0.2) is 4.39 Å². The van der Waals surface area contributed by atoms with Crippen molar-refractivity contribution in [3.8, 4) is 11.5 Å². The van der Waals surface area contributed by atoms with E-state index in [4.69, 9.17) is 21.7 Å². The van der Waals surface area contributed by atoms with Crippen LogP contribution in [0.15, 0.2) is 42.5 Å². The minimum atomic E-state index is -0.249. The highest BCUT2D eigenvalue weighted by molar-refractivity contribution is 7.80. The van der Waals surface area contributed by atoms with E-state index in [0.717, 1.165) is 11.1 Å². The van der Waals surface area contributed by atoms with Crippen LogP contribution in [0.1, 0.15) is 11.1 Å². The number of halogens is 1. The number of hydrogen-bond donors (Lipinski definition) is 1. The number of ether oxygens (including phenoxy) is 2. The first-order valence-electron chi connectivity index (χ1n) is 7.49. The Kier molecular flexibility index (Phi) is 6.37. The highest BCUT2D eigenvalue weighted by Gasteiger charge is 2.12. The number of nitrogens with one attached hydrogen (secondary N) is 1. The molecule has 0 atom stereocenters. The van der Waals surface area contributed by atoms with Crippen LogP contribution in [0.2, 0.25) is 0 Å². The Hall–Kier alpha value is -2.34. The van der Waals surface area contributed by atoms with Crippen molar-refractivity contribution < 1.29 is 13.9 Å². The second kappa shape index (κ2) is 8.49. The van der Waals surface area contributed by atoms with Crippen molar-refractivity contribution >= 4 is 17.3 Å². The summed E-state index contributed by atoms with van der Waals surface area (Å²) in [6, 6.07) is 12.2. The van der Waals surface area contributed by atoms with Crippen LogP contribution in [0.4, 0.5) is 4.39 Å². The minimum absolute atomic E-state index is 0.249. The van der Waals surface area contributed by atoms with Gasteiger partial charge in [0.2, 0.25) is 0 Å². The van der Waals surface area contributed by atoms with Crippen LogP contribution in [-0.2, 0) is 13.1 Å². The normalized spacial score (nSPS) is 10.2. The second-order valence-electron chi connectivity index (χ2n) is 5.23. The molecular weight excluding hydrogens is 327 g/mol. The van der Waals surface area contributed by atoms with Crippen LogP contribution < -0.4 is 14.8 Å². The molecule has 0 radical (unpaired) electrons. The van der Waals surface area contributed by atoms with Crippen molar-refractivity contribution in [2.45, 2.75) is 13.1 Å². The lowest BCUT2D eigenvalue weighted by molar-refractivity contribution is 0.352. The Labute approximate surface area is 147 Å². The third-order valence-corrected chi connectivity index (χ3v) is 4.07. The van der Waals surface area contributed by atoms with Gasteiger partial charge >= 0.3 is 0 Å². The van der Waals surface area contributed by atoms with Crippen molar-refractivity contribution in [1.82, 2.24) is 10.2 Å².